The molecule has 0 saturated heterocycles. The van der Waals surface area contributed by atoms with E-state index in [1.54, 1.807) is 0 Å². The van der Waals surface area contributed by atoms with Crippen molar-refractivity contribution in [1.29, 1.82) is 0 Å². The average molecular weight is 883 g/mol. The lowest BCUT2D eigenvalue weighted by Crippen LogP contribution is -2.18. The fourth-order valence-corrected chi connectivity index (χ4v) is 9.70. The van der Waals surface area contributed by atoms with Crippen LogP contribution in [0.5, 0.6) is 0 Å². The van der Waals surface area contributed by atoms with Gasteiger partial charge in [0.25, 0.3) is 0 Å². The number of fused-ring (bicyclic) bond motifs is 4. The van der Waals surface area contributed by atoms with E-state index in [4.69, 9.17) is 9.97 Å². The molecule has 0 amide bonds. The molecular formula is C65H46N4. The Morgan fingerprint density at radius 2 is 0.913 bits per heavy atom. The molecule has 12 rings (SSSR count). The highest BCUT2D eigenvalue weighted by Crippen LogP contribution is 2.42. The van der Waals surface area contributed by atoms with Crippen molar-refractivity contribution in [3.63, 3.8) is 0 Å². The molecule has 326 valence electrons. The Hall–Kier alpha value is -9.12. The molecule has 1 aliphatic heterocycles. The number of para-hydroxylation sites is 1. The first-order valence-electron chi connectivity index (χ1n) is 23.5. The van der Waals surface area contributed by atoms with Crippen molar-refractivity contribution < 1.29 is 0 Å². The van der Waals surface area contributed by atoms with Crippen LogP contribution in [0.15, 0.2) is 261 Å². The number of anilines is 2. The monoisotopic (exact) mass is 882 g/mol. The molecule has 0 spiro atoms. The van der Waals surface area contributed by atoms with Gasteiger partial charge in [-0.1, -0.05) is 195 Å². The van der Waals surface area contributed by atoms with Gasteiger partial charge in [0.05, 0.1) is 22.4 Å². The predicted octanol–water partition coefficient (Wildman–Crippen LogP) is 16.9. The summed E-state index contributed by atoms with van der Waals surface area (Å²) >= 11 is 0. The van der Waals surface area contributed by atoms with Gasteiger partial charge in [-0.25, -0.2) is 9.97 Å². The molecule has 0 atom stereocenters. The minimum atomic E-state index is 0.700. The molecule has 1 aliphatic rings. The maximum Gasteiger partial charge on any atom is 0.160 e. The minimum absolute atomic E-state index is 0.700. The molecule has 0 N–H and O–H groups in total. The second-order valence-electron chi connectivity index (χ2n) is 17.5. The van der Waals surface area contributed by atoms with Crippen LogP contribution in [0.3, 0.4) is 0 Å². The molecule has 69 heavy (non-hydrogen) atoms. The fourth-order valence-electron chi connectivity index (χ4n) is 9.70. The van der Waals surface area contributed by atoms with E-state index in [-0.39, 0.29) is 0 Å². The van der Waals surface area contributed by atoms with Crippen molar-refractivity contribution in [3.05, 3.63) is 267 Å². The van der Waals surface area contributed by atoms with Crippen molar-refractivity contribution >= 4 is 38.8 Å². The van der Waals surface area contributed by atoms with Gasteiger partial charge in [0.2, 0.25) is 0 Å². The quantitative estimate of drug-likeness (QED) is 0.152. The van der Waals surface area contributed by atoms with Gasteiger partial charge in [0.1, 0.15) is 0 Å². The lowest BCUT2D eigenvalue weighted by atomic mass is 9.95. The van der Waals surface area contributed by atoms with E-state index in [1.165, 1.54) is 33.0 Å². The average Bonchev–Trinajstić information content (AvgIpc) is 3.79. The molecule has 0 saturated carbocycles. The van der Waals surface area contributed by atoms with Crippen LogP contribution in [0.25, 0.3) is 100 Å². The van der Waals surface area contributed by atoms with Crippen molar-refractivity contribution in [1.82, 2.24) is 14.5 Å². The normalized spacial score (nSPS) is 13.4. The summed E-state index contributed by atoms with van der Waals surface area (Å²) in [5, 5.41) is 2.40. The lowest BCUT2D eigenvalue weighted by molar-refractivity contribution is 1.09. The summed E-state index contributed by atoms with van der Waals surface area (Å²) in [6, 6.07) is 82.1. The van der Waals surface area contributed by atoms with Crippen molar-refractivity contribution in [3.8, 4) is 73.0 Å². The highest BCUT2D eigenvalue weighted by atomic mass is 15.1. The van der Waals surface area contributed by atoms with Gasteiger partial charge in [-0.3, -0.25) is 0 Å². The molecule has 0 unspecified atom stereocenters. The summed E-state index contributed by atoms with van der Waals surface area (Å²) in [6.45, 7) is 5.32. The molecule has 0 aliphatic carbocycles. The molecule has 11 aromatic rings. The number of aromatic nitrogens is 3. The zero-order chi connectivity index (χ0) is 46.1. The Labute approximate surface area is 402 Å². The molecule has 2 aromatic heterocycles. The Balaban J connectivity index is 0.928. The van der Waals surface area contributed by atoms with Gasteiger partial charge in [0, 0.05) is 56.6 Å². The summed E-state index contributed by atoms with van der Waals surface area (Å²) in [5.41, 5.74) is 19.5. The molecule has 0 bridgehead atoms. The maximum atomic E-state index is 5.09. The molecular weight excluding hydrogens is 837 g/mol. The topological polar surface area (TPSA) is 34.0 Å². The Kier molecular flexibility index (Phi) is 10.7. The Morgan fingerprint density at radius 3 is 1.58 bits per heavy atom. The van der Waals surface area contributed by atoms with Crippen LogP contribution in [0.2, 0.25) is 0 Å². The third kappa shape index (κ3) is 8.04. The second-order valence-corrected chi connectivity index (χ2v) is 17.5. The molecule has 4 nitrogen and oxygen atoms in total. The van der Waals surface area contributed by atoms with E-state index in [9.17, 15) is 0 Å². The molecule has 0 fully saturated rings. The zero-order valence-electron chi connectivity index (χ0n) is 38.0. The van der Waals surface area contributed by atoms with E-state index in [1.807, 2.05) is 36.4 Å². The number of allylic oxidation sites excluding steroid dienone is 4. The fraction of sp³-hybridized carbons (Fsp3) is 0.0154. The van der Waals surface area contributed by atoms with E-state index in [0.29, 0.717) is 12.4 Å². The smallest absolute Gasteiger partial charge is 0.160 e. The van der Waals surface area contributed by atoms with Crippen LogP contribution >= 0.6 is 0 Å². The van der Waals surface area contributed by atoms with E-state index >= 15 is 0 Å². The number of benzene rings is 9. The van der Waals surface area contributed by atoms with Crippen LogP contribution in [-0.2, 0) is 0 Å². The van der Waals surface area contributed by atoms with Gasteiger partial charge >= 0.3 is 0 Å². The van der Waals surface area contributed by atoms with Crippen molar-refractivity contribution in [2.24, 2.45) is 0 Å². The number of rotatable bonds is 8. The van der Waals surface area contributed by atoms with Gasteiger partial charge < -0.3 is 9.47 Å². The van der Waals surface area contributed by atoms with E-state index in [0.717, 1.165) is 78.4 Å². The number of hydrogen-bond acceptors (Lipinski definition) is 3. The molecule has 9 aromatic carbocycles. The summed E-state index contributed by atoms with van der Waals surface area (Å²) in [4.78, 5) is 12.5. The van der Waals surface area contributed by atoms with Crippen LogP contribution in [-0.4, -0.2) is 21.1 Å². The van der Waals surface area contributed by atoms with Gasteiger partial charge in [-0.15, -0.1) is 0 Å². The highest BCUT2D eigenvalue weighted by molar-refractivity contribution is 6.10. The van der Waals surface area contributed by atoms with E-state index in [2.05, 4.69) is 234 Å². The van der Waals surface area contributed by atoms with Gasteiger partial charge in [-0.05, 0) is 106 Å². The first-order valence-corrected chi connectivity index (χ1v) is 23.5. The number of nitrogens with zero attached hydrogens (tertiary/aromatic N) is 4. The van der Waals surface area contributed by atoms with Crippen LogP contribution in [0.1, 0.15) is 5.56 Å². The third-order valence-corrected chi connectivity index (χ3v) is 13.2. The van der Waals surface area contributed by atoms with Gasteiger partial charge in [0.15, 0.2) is 5.82 Å². The maximum absolute atomic E-state index is 5.09. The molecule has 0 radical (unpaired) electrons. The summed E-state index contributed by atoms with van der Waals surface area (Å²) in [5.74, 6) is 0.705. The minimum Gasteiger partial charge on any atom is -0.337 e. The SMILES string of the molecule is C=C1/C=C\C=C/CN(c2cc(-c3ccccc3)cc(-c3ccccc3)c2)c2ccc(-c3ccc4c(c3)c3ccccc3n4-c3ccc(-c4cc(-c5ccccc5)nc(-c5ccccc5)n4)cc3)cc21. The summed E-state index contributed by atoms with van der Waals surface area (Å²) < 4.78 is 2.37. The zero-order valence-corrected chi connectivity index (χ0v) is 38.0. The largest absolute Gasteiger partial charge is 0.337 e. The van der Waals surface area contributed by atoms with Crippen LogP contribution in [0.4, 0.5) is 11.4 Å². The standard InChI is InChI=1S/C65H46N4/c1-45-19-7-6-18-38-68(56-40-53(46-20-8-2-9-21-46)39-54(41-56)47-22-10-3-11-23-47)62-36-32-51(42-58(45)62)52-33-37-64-59(43-52)57-28-16-17-29-63(57)69(64)55-34-30-49(31-35-55)61-44-60(48-24-12-4-13-25-48)66-65(67-61)50-26-14-5-15-27-50/h2-37,39-44H,1,38H2/b18-6-,19-7-. The van der Waals surface area contributed by atoms with Crippen LogP contribution in [0, 0.1) is 0 Å². The van der Waals surface area contributed by atoms with Crippen molar-refractivity contribution in [2.75, 3.05) is 11.4 Å². The number of hydrogen-bond donors (Lipinski definition) is 0. The molecule has 3 heterocycles. The van der Waals surface area contributed by atoms with Crippen LogP contribution < -0.4 is 4.90 Å². The van der Waals surface area contributed by atoms with Gasteiger partial charge in [-0.2, -0.15) is 0 Å². The van der Waals surface area contributed by atoms with Crippen molar-refractivity contribution in [2.45, 2.75) is 0 Å². The molecule has 4 heteroatoms. The predicted molar refractivity (Wildman–Crippen MR) is 290 cm³/mol. The summed E-state index contributed by atoms with van der Waals surface area (Å²) in [6.07, 6.45) is 8.57. The highest BCUT2D eigenvalue weighted by Gasteiger charge is 2.20. The summed E-state index contributed by atoms with van der Waals surface area (Å²) in [7, 11) is 0. The second kappa shape index (κ2) is 17.9. The third-order valence-electron chi connectivity index (χ3n) is 13.2. The lowest BCUT2D eigenvalue weighted by Gasteiger charge is -2.28. The Morgan fingerprint density at radius 1 is 0.377 bits per heavy atom. The Bertz CT molecular complexity index is 3620. The first-order chi connectivity index (χ1) is 34.1. The first kappa shape index (κ1) is 41.3. The van der Waals surface area contributed by atoms with E-state index < -0.39 is 0 Å².